The fourth-order valence-corrected chi connectivity index (χ4v) is 5.11. The predicted octanol–water partition coefficient (Wildman–Crippen LogP) is 10.7. The first kappa shape index (κ1) is 33.0. The Morgan fingerprint density at radius 2 is 0.611 bits per heavy atom. The molecule has 0 N–H and O–H groups in total. The summed E-state index contributed by atoms with van der Waals surface area (Å²) in [5, 5.41) is 0. The van der Waals surface area contributed by atoms with Crippen LogP contribution in [0, 0.1) is 6.92 Å². The van der Waals surface area contributed by atoms with Gasteiger partial charge in [0.25, 0.3) is 0 Å². The van der Waals surface area contributed by atoms with Crippen LogP contribution in [0.3, 0.4) is 0 Å². The molecule has 0 spiro atoms. The third-order valence-corrected chi connectivity index (χ3v) is 7.51. The SMILES string of the molecule is [CH2]Cc1nc(CCCCCCCCCCCCCC)nc(CCCCCCCCCCCCCC)n1. The van der Waals surface area contributed by atoms with Gasteiger partial charge in [0.2, 0.25) is 0 Å². The maximum atomic E-state index is 4.81. The fraction of sp³-hybridized carbons (Fsp3) is 0.879. The zero-order valence-corrected chi connectivity index (χ0v) is 24.6. The molecule has 1 heterocycles. The topological polar surface area (TPSA) is 38.7 Å². The van der Waals surface area contributed by atoms with Gasteiger partial charge in [0, 0.05) is 19.3 Å². The minimum absolute atomic E-state index is 0.666. The third-order valence-electron chi connectivity index (χ3n) is 7.51. The molecule has 1 aromatic rings. The molecule has 1 rings (SSSR count). The van der Waals surface area contributed by atoms with Crippen LogP contribution in [0.1, 0.15) is 185 Å². The molecule has 0 fully saturated rings. The number of rotatable bonds is 27. The molecule has 0 aliphatic carbocycles. The van der Waals surface area contributed by atoms with Crippen LogP contribution in [-0.4, -0.2) is 15.0 Å². The van der Waals surface area contributed by atoms with E-state index in [0.717, 1.165) is 30.3 Å². The van der Waals surface area contributed by atoms with Gasteiger partial charge in [0.1, 0.15) is 17.5 Å². The number of nitrogens with zero attached hydrogens (tertiary/aromatic N) is 3. The highest BCUT2D eigenvalue weighted by Crippen LogP contribution is 2.14. The van der Waals surface area contributed by atoms with Crippen LogP contribution in [0.15, 0.2) is 0 Å². The van der Waals surface area contributed by atoms with Crippen LogP contribution in [0.4, 0.5) is 0 Å². The van der Waals surface area contributed by atoms with Crippen molar-refractivity contribution in [3.63, 3.8) is 0 Å². The smallest absolute Gasteiger partial charge is 0.132 e. The van der Waals surface area contributed by atoms with Crippen LogP contribution >= 0.6 is 0 Å². The summed E-state index contributed by atoms with van der Waals surface area (Å²) in [6.45, 7) is 8.60. The minimum Gasteiger partial charge on any atom is -0.218 e. The first-order valence-corrected chi connectivity index (χ1v) is 16.3. The first-order valence-electron chi connectivity index (χ1n) is 16.3. The maximum Gasteiger partial charge on any atom is 0.132 e. The van der Waals surface area contributed by atoms with E-state index in [1.54, 1.807) is 0 Å². The molecule has 0 aromatic carbocycles. The van der Waals surface area contributed by atoms with E-state index in [2.05, 4.69) is 30.7 Å². The number of aryl methyl sites for hydroxylation is 2. The van der Waals surface area contributed by atoms with Crippen LogP contribution in [-0.2, 0) is 19.3 Å². The Bertz CT molecular complexity index is 540. The Hall–Kier alpha value is -0.990. The summed E-state index contributed by atoms with van der Waals surface area (Å²) in [7, 11) is 0. The van der Waals surface area contributed by atoms with Crippen LogP contribution in [0.25, 0.3) is 0 Å². The zero-order valence-electron chi connectivity index (χ0n) is 24.6. The normalized spacial score (nSPS) is 11.4. The summed E-state index contributed by atoms with van der Waals surface area (Å²) in [5.74, 6) is 2.89. The lowest BCUT2D eigenvalue weighted by atomic mass is 10.0. The van der Waals surface area contributed by atoms with E-state index in [4.69, 9.17) is 4.98 Å². The summed E-state index contributed by atoms with van der Waals surface area (Å²) in [6.07, 6.45) is 35.9. The summed E-state index contributed by atoms with van der Waals surface area (Å²) in [5.41, 5.74) is 0. The molecule has 1 radical (unpaired) electrons. The second-order valence-electron chi connectivity index (χ2n) is 11.1. The van der Waals surface area contributed by atoms with Gasteiger partial charge in [0.05, 0.1) is 0 Å². The molecule has 3 nitrogen and oxygen atoms in total. The van der Waals surface area contributed by atoms with Gasteiger partial charge in [-0.2, -0.15) is 0 Å². The van der Waals surface area contributed by atoms with Gasteiger partial charge in [-0.15, -0.1) is 0 Å². The van der Waals surface area contributed by atoms with E-state index in [1.807, 2.05) is 0 Å². The lowest BCUT2D eigenvalue weighted by molar-refractivity contribution is 0.539. The highest BCUT2D eigenvalue weighted by molar-refractivity contribution is 4.99. The van der Waals surface area contributed by atoms with E-state index in [1.165, 1.54) is 154 Å². The predicted molar refractivity (Wildman–Crippen MR) is 158 cm³/mol. The number of aromatic nitrogens is 3. The molecule has 0 aliphatic rings. The number of hydrogen-bond donors (Lipinski definition) is 0. The van der Waals surface area contributed by atoms with Crippen LogP contribution in [0.2, 0.25) is 0 Å². The number of hydrogen-bond acceptors (Lipinski definition) is 3. The van der Waals surface area contributed by atoms with Crippen LogP contribution in [0.5, 0.6) is 0 Å². The van der Waals surface area contributed by atoms with Gasteiger partial charge in [-0.3, -0.25) is 0 Å². The van der Waals surface area contributed by atoms with Crippen molar-refractivity contribution in [1.82, 2.24) is 15.0 Å². The highest BCUT2D eigenvalue weighted by Gasteiger charge is 2.06. The van der Waals surface area contributed by atoms with Crippen molar-refractivity contribution >= 4 is 0 Å². The molecule has 3 heteroatoms. The van der Waals surface area contributed by atoms with Crippen LogP contribution < -0.4 is 0 Å². The van der Waals surface area contributed by atoms with Gasteiger partial charge in [0.15, 0.2) is 0 Å². The largest absolute Gasteiger partial charge is 0.218 e. The van der Waals surface area contributed by atoms with E-state index in [0.29, 0.717) is 6.42 Å². The fourth-order valence-electron chi connectivity index (χ4n) is 5.11. The summed E-state index contributed by atoms with van der Waals surface area (Å²) in [4.78, 5) is 14.1. The Morgan fingerprint density at radius 1 is 0.361 bits per heavy atom. The maximum absolute atomic E-state index is 4.81. The zero-order chi connectivity index (χ0) is 25.9. The van der Waals surface area contributed by atoms with Crippen molar-refractivity contribution in [2.24, 2.45) is 0 Å². The first-order chi connectivity index (χ1) is 17.8. The van der Waals surface area contributed by atoms with E-state index >= 15 is 0 Å². The Kier molecular flexibility index (Phi) is 23.5. The van der Waals surface area contributed by atoms with Crippen molar-refractivity contribution < 1.29 is 0 Å². The molecule has 0 atom stereocenters. The number of unbranched alkanes of at least 4 members (excludes halogenated alkanes) is 22. The Morgan fingerprint density at radius 3 is 0.889 bits per heavy atom. The molecule has 0 saturated heterocycles. The quantitative estimate of drug-likeness (QED) is 0.113. The van der Waals surface area contributed by atoms with Gasteiger partial charge in [-0.05, 0) is 19.8 Å². The minimum atomic E-state index is 0.666. The van der Waals surface area contributed by atoms with Gasteiger partial charge < -0.3 is 0 Å². The van der Waals surface area contributed by atoms with Crippen molar-refractivity contribution in [2.45, 2.75) is 187 Å². The molecular formula is C33H62N3. The second-order valence-corrected chi connectivity index (χ2v) is 11.1. The van der Waals surface area contributed by atoms with Crippen molar-refractivity contribution in [1.29, 1.82) is 0 Å². The van der Waals surface area contributed by atoms with Crippen molar-refractivity contribution in [2.75, 3.05) is 0 Å². The standard InChI is InChI=1S/C33H62N3/c1-4-7-9-11-13-15-17-19-21-23-25-27-29-32-34-31(6-3)35-33(36-32)30-28-26-24-22-20-18-16-14-12-10-8-5-2/h3-30H2,1-2H3. The lowest BCUT2D eigenvalue weighted by Crippen LogP contribution is -2.08. The van der Waals surface area contributed by atoms with Gasteiger partial charge in [-0.25, -0.2) is 15.0 Å². The molecule has 1 aromatic heterocycles. The summed E-state index contributed by atoms with van der Waals surface area (Å²) < 4.78 is 0. The van der Waals surface area contributed by atoms with E-state index in [9.17, 15) is 0 Å². The lowest BCUT2D eigenvalue weighted by Gasteiger charge is -2.07. The third kappa shape index (κ3) is 20.1. The molecule has 0 unspecified atom stereocenters. The Balaban J connectivity index is 2.06. The average Bonchev–Trinajstić information content (AvgIpc) is 2.89. The van der Waals surface area contributed by atoms with Gasteiger partial charge in [-0.1, -0.05) is 155 Å². The highest BCUT2D eigenvalue weighted by atomic mass is 15.0. The summed E-state index contributed by atoms with van der Waals surface area (Å²) >= 11 is 0. The van der Waals surface area contributed by atoms with Gasteiger partial charge >= 0.3 is 0 Å². The average molecular weight is 501 g/mol. The molecule has 0 amide bonds. The second kappa shape index (κ2) is 25.7. The van der Waals surface area contributed by atoms with Crippen molar-refractivity contribution in [3.8, 4) is 0 Å². The molecule has 0 saturated carbocycles. The molecule has 0 aliphatic heterocycles. The van der Waals surface area contributed by atoms with E-state index < -0.39 is 0 Å². The molecule has 36 heavy (non-hydrogen) atoms. The molecule has 209 valence electrons. The van der Waals surface area contributed by atoms with Crippen molar-refractivity contribution in [3.05, 3.63) is 24.4 Å². The molecular weight excluding hydrogens is 438 g/mol. The molecule has 0 bridgehead atoms. The monoisotopic (exact) mass is 500 g/mol. The summed E-state index contributed by atoms with van der Waals surface area (Å²) in [6, 6.07) is 0. The van der Waals surface area contributed by atoms with E-state index in [-0.39, 0.29) is 0 Å². The Labute approximate surface area is 226 Å².